The lowest BCUT2D eigenvalue weighted by Gasteiger charge is -2.15. The van der Waals surface area contributed by atoms with Crippen LogP contribution in [0.2, 0.25) is 0 Å². The second-order valence-corrected chi connectivity index (χ2v) is 5.55. The van der Waals surface area contributed by atoms with Gasteiger partial charge in [-0.05, 0) is 38.0 Å². The van der Waals surface area contributed by atoms with E-state index in [0.29, 0.717) is 12.4 Å². The van der Waals surface area contributed by atoms with Crippen molar-refractivity contribution in [2.75, 3.05) is 7.11 Å². The van der Waals surface area contributed by atoms with Gasteiger partial charge in [0.25, 0.3) is 0 Å². The first kappa shape index (κ1) is 16.9. The summed E-state index contributed by atoms with van der Waals surface area (Å²) in [6, 6.07) is 7.74. The van der Waals surface area contributed by atoms with Crippen LogP contribution in [-0.2, 0) is 20.0 Å². The fraction of sp³-hybridized carbons (Fsp3) is 0.412. The van der Waals surface area contributed by atoms with E-state index in [1.165, 1.54) is 5.69 Å². The molecule has 2 rings (SSSR count). The van der Waals surface area contributed by atoms with Crippen molar-refractivity contribution in [2.45, 2.75) is 32.4 Å². The number of hydrogen-bond acceptors (Lipinski definition) is 3. The summed E-state index contributed by atoms with van der Waals surface area (Å²) in [7, 11) is 3.60. The lowest BCUT2D eigenvalue weighted by molar-refractivity contribution is 0.236. The fourth-order valence-corrected chi connectivity index (χ4v) is 2.39. The highest BCUT2D eigenvalue weighted by Crippen LogP contribution is 2.12. The molecule has 2 N–H and O–H groups in total. The van der Waals surface area contributed by atoms with E-state index in [1.807, 2.05) is 38.4 Å². The third-order valence-corrected chi connectivity index (χ3v) is 3.75. The van der Waals surface area contributed by atoms with Gasteiger partial charge in [0, 0.05) is 43.3 Å². The van der Waals surface area contributed by atoms with E-state index in [2.05, 4.69) is 26.3 Å². The fourth-order valence-electron chi connectivity index (χ4n) is 2.39. The normalized spacial score (nSPS) is 11.8. The standard InChI is InChI=1S/C17H24N4O2/c1-13(8-9-15-7-5-11-21(15)2)20-17(22)19-12-14-6-4-10-18-16(14)23-3/h4-7,10-11,13H,8-9,12H2,1-3H3,(H2,19,20,22)/t13-/m0/s1. The minimum atomic E-state index is -0.185. The van der Waals surface area contributed by atoms with Crippen molar-refractivity contribution < 1.29 is 9.53 Å². The molecule has 1 atom stereocenters. The number of aryl methyl sites for hydroxylation is 2. The highest BCUT2D eigenvalue weighted by Gasteiger charge is 2.09. The first-order chi connectivity index (χ1) is 11.1. The Labute approximate surface area is 136 Å². The van der Waals surface area contributed by atoms with Gasteiger partial charge in [0.1, 0.15) is 0 Å². The van der Waals surface area contributed by atoms with Crippen molar-refractivity contribution >= 4 is 6.03 Å². The molecule has 23 heavy (non-hydrogen) atoms. The number of ether oxygens (including phenoxy) is 1. The van der Waals surface area contributed by atoms with Crippen LogP contribution in [0.25, 0.3) is 0 Å². The molecule has 2 amide bonds. The quantitative estimate of drug-likeness (QED) is 0.823. The zero-order chi connectivity index (χ0) is 16.7. The molecule has 0 bridgehead atoms. The molecule has 0 spiro atoms. The van der Waals surface area contributed by atoms with Crippen molar-refractivity contribution in [3.05, 3.63) is 47.9 Å². The first-order valence-corrected chi connectivity index (χ1v) is 7.72. The van der Waals surface area contributed by atoms with Crippen LogP contribution in [0.1, 0.15) is 24.6 Å². The Morgan fingerprint density at radius 1 is 1.39 bits per heavy atom. The van der Waals surface area contributed by atoms with E-state index in [-0.39, 0.29) is 12.1 Å². The van der Waals surface area contributed by atoms with Gasteiger partial charge in [0.15, 0.2) is 0 Å². The van der Waals surface area contributed by atoms with Gasteiger partial charge < -0.3 is 19.9 Å². The van der Waals surface area contributed by atoms with E-state index < -0.39 is 0 Å². The Balaban J connectivity index is 1.74. The zero-order valence-electron chi connectivity index (χ0n) is 13.9. The molecule has 2 aromatic rings. The Morgan fingerprint density at radius 2 is 2.22 bits per heavy atom. The van der Waals surface area contributed by atoms with Crippen molar-refractivity contribution in [1.29, 1.82) is 0 Å². The average molecular weight is 316 g/mol. The first-order valence-electron chi connectivity index (χ1n) is 7.72. The monoisotopic (exact) mass is 316 g/mol. The summed E-state index contributed by atoms with van der Waals surface area (Å²) in [5.74, 6) is 0.532. The largest absolute Gasteiger partial charge is 0.481 e. The molecule has 0 unspecified atom stereocenters. The number of methoxy groups -OCH3 is 1. The van der Waals surface area contributed by atoms with Crippen LogP contribution >= 0.6 is 0 Å². The molecule has 0 aromatic carbocycles. The number of hydrogen-bond donors (Lipinski definition) is 2. The summed E-state index contributed by atoms with van der Waals surface area (Å²) in [5, 5.41) is 5.78. The molecule has 0 aliphatic heterocycles. The number of carbonyl (C=O) groups excluding carboxylic acids is 1. The summed E-state index contributed by atoms with van der Waals surface area (Å²) >= 11 is 0. The van der Waals surface area contributed by atoms with Crippen LogP contribution < -0.4 is 15.4 Å². The van der Waals surface area contributed by atoms with Gasteiger partial charge >= 0.3 is 6.03 Å². The third-order valence-electron chi connectivity index (χ3n) is 3.75. The molecule has 0 fully saturated rings. The SMILES string of the molecule is COc1ncccc1CNC(=O)N[C@@H](C)CCc1cccn1C. The highest BCUT2D eigenvalue weighted by atomic mass is 16.5. The van der Waals surface area contributed by atoms with Gasteiger partial charge in [-0.25, -0.2) is 9.78 Å². The van der Waals surface area contributed by atoms with Crippen LogP contribution in [0.4, 0.5) is 4.79 Å². The number of nitrogens with one attached hydrogen (secondary N) is 2. The molecule has 0 aliphatic carbocycles. The molecular weight excluding hydrogens is 292 g/mol. The smallest absolute Gasteiger partial charge is 0.315 e. The summed E-state index contributed by atoms with van der Waals surface area (Å²) in [6.07, 6.45) is 5.51. The van der Waals surface area contributed by atoms with Gasteiger partial charge in [0.05, 0.1) is 7.11 Å². The molecule has 0 saturated carbocycles. The Kier molecular flexibility index (Phi) is 6.02. The van der Waals surface area contributed by atoms with Crippen molar-refractivity contribution in [3.63, 3.8) is 0 Å². The number of carbonyl (C=O) groups is 1. The van der Waals surface area contributed by atoms with Gasteiger partial charge in [-0.2, -0.15) is 0 Å². The number of nitrogens with zero attached hydrogens (tertiary/aromatic N) is 2. The Hall–Kier alpha value is -2.50. The second kappa shape index (κ2) is 8.22. The average Bonchev–Trinajstić information content (AvgIpc) is 2.96. The maximum Gasteiger partial charge on any atom is 0.315 e. The number of amides is 2. The molecular formula is C17H24N4O2. The van der Waals surface area contributed by atoms with Crippen molar-refractivity contribution in [1.82, 2.24) is 20.2 Å². The molecule has 0 aliphatic rings. The summed E-state index contributed by atoms with van der Waals surface area (Å²) in [5.41, 5.74) is 2.11. The van der Waals surface area contributed by atoms with E-state index in [1.54, 1.807) is 13.3 Å². The predicted octanol–water partition coefficient (Wildman–Crippen LogP) is 2.25. The maximum atomic E-state index is 12.0. The van der Waals surface area contributed by atoms with Gasteiger partial charge in [0.2, 0.25) is 5.88 Å². The van der Waals surface area contributed by atoms with Crippen molar-refractivity contribution in [3.8, 4) is 5.88 Å². The van der Waals surface area contributed by atoms with Gasteiger partial charge in [-0.3, -0.25) is 0 Å². The summed E-state index contributed by atoms with van der Waals surface area (Å²) in [6.45, 7) is 2.39. The number of urea groups is 1. The Morgan fingerprint density at radius 3 is 2.91 bits per heavy atom. The molecule has 124 valence electrons. The molecule has 2 heterocycles. The number of aromatic nitrogens is 2. The van der Waals surface area contributed by atoms with Crippen LogP contribution in [-0.4, -0.2) is 28.7 Å². The molecule has 0 radical (unpaired) electrons. The van der Waals surface area contributed by atoms with Crippen LogP contribution in [0, 0.1) is 0 Å². The molecule has 0 saturated heterocycles. The summed E-state index contributed by atoms with van der Waals surface area (Å²) in [4.78, 5) is 16.1. The minimum Gasteiger partial charge on any atom is -0.481 e. The van der Waals surface area contributed by atoms with Crippen LogP contribution in [0.3, 0.4) is 0 Å². The molecule has 6 nitrogen and oxygen atoms in total. The van der Waals surface area contributed by atoms with Crippen LogP contribution in [0.5, 0.6) is 5.88 Å². The number of rotatable bonds is 7. The highest BCUT2D eigenvalue weighted by molar-refractivity contribution is 5.74. The third kappa shape index (κ3) is 5.02. The van der Waals surface area contributed by atoms with E-state index in [4.69, 9.17) is 4.74 Å². The molecule has 2 aromatic heterocycles. The molecule has 6 heteroatoms. The number of pyridine rings is 1. The van der Waals surface area contributed by atoms with Gasteiger partial charge in [-0.15, -0.1) is 0 Å². The Bertz CT molecular complexity index is 639. The zero-order valence-corrected chi connectivity index (χ0v) is 13.9. The summed E-state index contributed by atoms with van der Waals surface area (Å²) < 4.78 is 7.26. The van der Waals surface area contributed by atoms with E-state index in [9.17, 15) is 4.79 Å². The maximum absolute atomic E-state index is 12.0. The lowest BCUT2D eigenvalue weighted by Crippen LogP contribution is -2.40. The van der Waals surface area contributed by atoms with E-state index >= 15 is 0 Å². The predicted molar refractivity (Wildman–Crippen MR) is 89.4 cm³/mol. The second-order valence-electron chi connectivity index (χ2n) is 5.55. The van der Waals surface area contributed by atoms with Crippen LogP contribution in [0.15, 0.2) is 36.7 Å². The van der Waals surface area contributed by atoms with E-state index in [0.717, 1.165) is 18.4 Å². The van der Waals surface area contributed by atoms with Gasteiger partial charge in [-0.1, -0.05) is 6.07 Å². The topological polar surface area (TPSA) is 68.2 Å². The van der Waals surface area contributed by atoms with Crippen molar-refractivity contribution in [2.24, 2.45) is 7.05 Å². The lowest BCUT2D eigenvalue weighted by atomic mass is 10.1. The minimum absolute atomic E-state index is 0.0979.